The number of hydrogen-bond acceptors (Lipinski definition) is 7. The monoisotopic (exact) mass is 435 g/mol. The van der Waals surface area contributed by atoms with Crippen LogP contribution in [-0.4, -0.2) is 43.6 Å². The molecular formula is C24H37NO6. The van der Waals surface area contributed by atoms with Gasteiger partial charge >= 0.3 is 11.9 Å². The molecule has 7 nitrogen and oxygen atoms in total. The minimum Gasteiger partial charge on any atom is -0.463 e. The van der Waals surface area contributed by atoms with Crippen molar-refractivity contribution >= 4 is 11.9 Å². The second-order valence-corrected chi connectivity index (χ2v) is 8.49. The highest BCUT2D eigenvalue weighted by molar-refractivity contribution is 5.75. The Morgan fingerprint density at radius 1 is 1.03 bits per heavy atom. The van der Waals surface area contributed by atoms with E-state index in [-0.39, 0.29) is 49.4 Å². The average molecular weight is 436 g/mol. The molecule has 2 N–H and O–H groups in total. The van der Waals surface area contributed by atoms with E-state index in [0.29, 0.717) is 18.9 Å². The molecule has 0 amide bonds. The third-order valence-electron chi connectivity index (χ3n) is 6.15. The predicted octanol–water partition coefficient (Wildman–Crippen LogP) is 3.44. The fourth-order valence-electron chi connectivity index (χ4n) is 3.69. The van der Waals surface area contributed by atoms with E-state index in [1.54, 1.807) is 0 Å². The van der Waals surface area contributed by atoms with E-state index in [9.17, 15) is 9.59 Å². The topological polar surface area (TPSA) is 97.1 Å². The Morgan fingerprint density at radius 2 is 1.74 bits per heavy atom. The standard InChI is InChI=1S/C24H37NO6/c1-16-17(2)22(15-29-19(4)26)31-24(18(16)3)28-13-9-8-12-21(25)23(27)30-14-20-10-6-5-7-11-20/h5-7,10-11,16-18,21-22,24H,8-9,12-15,25H2,1-4H3/t16-,17+,18?,21-,22?,24-/m0/s1. The van der Waals surface area contributed by atoms with Crippen LogP contribution in [0.2, 0.25) is 0 Å². The molecule has 1 aliphatic rings. The first-order valence-electron chi connectivity index (χ1n) is 11.2. The van der Waals surface area contributed by atoms with Crippen LogP contribution >= 0.6 is 0 Å². The summed E-state index contributed by atoms with van der Waals surface area (Å²) in [7, 11) is 0. The van der Waals surface area contributed by atoms with Crippen LogP contribution < -0.4 is 5.73 Å². The number of carbonyl (C=O) groups is 2. The molecule has 0 radical (unpaired) electrons. The van der Waals surface area contributed by atoms with Crippen molar-refractivity contribution in [2.45, 2.75) is 72.0 Å². The minimum atomic E-state index is -0.637. The molecule has 0 aromatic heterocycles. The fraction of sp³-hybridized carbons (Fsp3) is 0.667. The number of hydrogen-bond donors (Lipinski definition) is 1. The highest BCUT2D eigenvalue weighted by atomic mass is 16.7. The van der Waals surface area contributed by atoms with Gasteiger partial charge in [-0.1, -0.05) is 51.1 Å². The van der Waals surface area contributed by atoms with Crippen molar-refractivity contribution in [3.8, 4) is 0 Å². The smallest absolute Gasteiger partial charge is 0.323 e. The van der Waals surface area contributed by atoms with E-state index >= 15 is 0 Å². The molecule has 174 valence electrons. The van der Waals surface area contributed by atoms with E-state index in [4.69, 9.17) is 24.7 Å². The van der Waals surface area contributed by atoms with Crippen molar-refractivity contribution in [1.82, 2.24) is 0 Å². The van der Waals surface area contributed by atoms with Crippen LogP contribution in [0.5, 0.6) is 0 Å². The Bertz CT molecular complexity index is 682. The largest absolute Gasteiger partial charge is 0.463 e. The normalized spacial score (nSPS) is 26.8. The van der Waals surface area contributed by atoms with Crippen molar-refractivity contribution in [3.63, 3.8) is 0 Å². The van der Waals surface area contributed by atoms with Gasteiger partial charge in [0.15, 0.2) is 6.29 Å². The van der Waals surface area contributed by atoms with Crippen LogP contribution in [0.1, 0.15) is 52.5 Å². The second-order valence-electron chi connectivity index (χ2n) is 8.49. The van der Waals surface area contributed by atoms with Crippen molar-refractivity contribution < 1.29 is 28.5 Å². The van der Waals surface area contributed by atoms with Crippen LogP contribution in [0.4, 0.5) is 0 Å². The Hall–Kier alpha value is -1.96. The van der Waals surface area contributed by atoms with E-state index in [2.05, 4.69) is 20.8 Å². The summed E-state index contributed by atoms with van der Waals surface area (Å²) in [5, 5.41) is 0. The van der Waals surface area contributed by atoms with Crippen LogP contribution in [0, 0.1) is 17.8 Å². The van der Waals surface area contributed by atoms with Gasteiger partial charge in [-0.25, -0.2) is 0 Å². The van der Waals surface area contributed by atoms with E-state index < -0.39 is 6.04 Å². The number of carbonyl (C=O) groups excluding carboxylic acids is 2. The summed E-state index contributed by atoms with van der Waals surface area (Å²) in [5.74, 6) is 0.198. The fourth-order valence-corrected chi connectivity index (χ4v) is 3.69. The summed E-state index contributed by atoms with van der Waals surface area (Å²) in [6, 6.07) is 8.90. The molecule has 1 aromatic carbocycles. The lowest BCUT2D eigenvalue weighted by Crippen LogP contribution is -2.47. The molecule has 31 heavy (non-hydrogen) atoms. The first-order valence-corrected chi connectivity index (χ1v) is 11.2. The zero-order chi connectivity index (χ0) is 22.8. The van der Waals surface area contributed by atoms with Gasteiger partial charge < -0.3 is 24.7 Å². The lowest BCUT2D eigenvalue weighted by Gasteiger charge is -2.43. The van der Waals surface area contributed by atoms with Crippen LogP contribution in [0.25, 0.3) is 0 Å². The molecule has 1 aliphatic heterocycles. The lowest BCUT2D eigenvalue weighted by molar-refractivity contribution is -0.255. The van der Waals surface area contributed by atoms with Gasteiger partial charge in [-0.05, 0) is 36.7 Å². The van der Waals surface area contributed by atoms with Crippen molar-refractivity contribution in [3.05, 3.63) is 35.9 Å². The molecule has 1 aromatic rings. The highest BCUT2D eigenvalue weighted by Crippen LogP contribution is 2.35. The maximum Gasteiger partial charge on any atom is 0.323 e. The van der Waals surface area contributed by atoms with Crippen molar-refractivity contribution in [1.29, 1.82) is 0 Å². The molecule has 2 rings (SSSR count). The number of unbranched alkanes of at least 4 members (excludes halogenated alkanes) is 1. The molecule has 1 saturated heterocycles. The second kappa shape index (κ2) is 12.8. The summed E-state index contributed by atoms with van der Waals surface area (Å²) < 4.78 is 22.5. The van der Waals surface area contributed by atoms with Crippen LogP contribution in [-0.2, 0) is 35.1 Å². The summed E-state index contributed by atoms with van der Waals surface area (Å²) >= 11 is 0. The molecule has 0 aliphatic carbocycles. The molecule has 0 bridgehead atoms. The molecule has 6 atom stereocenters. The molecule has 1 heterocycles. The zero-order valence-electron chi connectivity index (χ0n) is 19.1. The molecule has 0 saturated carbocycles. The molecule has 2 unspecified atom stereocenters. The van der Waals surface area contributed by atoms with Gasteiger partial charge in [-0.3, -0.25) is 9.59 Å². The summed E-state index contributed by atoms with van der Waals surface area (Å²) in [6.45, 7) is 8.80. The molecule has 0 spiro atoms. The van der Waals surface area contributed by atoms with E-state index in [0.717, 1.165) is 18.4 Å². The summed E-state index contributed by atoms with van der Waals surface area (Å²) in [5.41, 5.74) is 6.89. The van der Waals surface area contributed by atoms with Gasteiger partial charge in [0, 0.05) is 19.4 Å². The summed E-state index contributed by atoms with van der Waals surface area (Å²) in [4.78, 5) is 23.2. The van der Waals surface area contributed by atoms with Crippen molar-refractivity contribution in [2.24, 2.45) is 23.5 Å². The van der Waals surface area contributed by atoms with Crippen molar-refractivity contribution in [2.75, 3.05) is 13.2 Å². The first-order chi connectivity index (χ1) is 14.8. The summed E-state index contributed by atoms with van der Waals surface area (Å²) in [6.07, 6.45) is 1.56. The number of nitrogens with two attached hydrogens (primary N) is 1. The zero-order valence-corrected chi connectivity index (χ0v) is 19.1. The number of ether oxygens (including phenoxy) is 4. The van der Waals surface area contributed by atoms with Crippen LogP contribution in [0.15, 0.2) is 30.3 Å². The molecule has 7 heteroatoms. The van der Waals surface area contributed by atoms with E-state index in [1.165, 1.54) is 6.92 Å². The Balaban J connectivity index is 1.66. The minimum absolute atomic E-state index is 0.173. The Morgan fingerprint density at radius 3 is 2.42 bits per heavy atom. The van der Waals surface area contributed by atoms with Gasteiger partial charge in [-0.2, -0.15) is 0 Å². The first kappa shape index (κ1) is 25.3. The van der Waals surface area contributed by atoms with Crippen LogP contribution in [0.3, 0.4) is 0 Å². The quantitative estimate of drug-likeness (QED) is 0.420. The number of esters is 2. The average Bonchev–Trinajstić information content (AvgIpc) is 2.76. The predicted molar refractivity (Wildman–Crippen MR) is 117 cm³/mol. The Kier molecular flexibility index (Phi) is 10.4. The number of benzene rings is 1. The van der Waals surface area contributed by atoms with E-state index in [1.807, 2.05) is 30.3 Å². The van der Waals surface area contributed by atoms with Gasteiger partial charge in [0.25, 0.3) is 0 Å². The maximum atomic E-state index is 12.0. The Labute approximate surface area is 185 Å². The van der Waals surface area contributed by atoms with Gasteiger partial charge in [0.05, 0.1) is 6.10 Å². The molecule has 1 fully saturated rings. The third kappa shape index (κ3) is 8.24. The third-order valence-corrected chi connectivity index (χ3v) is 6.15. The highest BCUT2D eigenvalue weighted by Gasteiger charge is 2.40. The van der Waals surface area contributed by atoms with Gasteiger partial charge in [0.2, 0.25) is 0 Å². The lowest BCUT2D eigenvalue weighted by atomic mass is 9.79. The SMILES string of the molecule is CC(=O)OCC1O[C@H](OCCCC[C@H](N)C(=O)OCc2ccccc2)C(C)[C@@H](C)[C@H]1C. The maximum absolute atomic E-state index is 12.0. The number of rotatable bonds is 11. The van der Waals surface area contributed by atoms with Gasteiger partial charge in [-0.15, -0.1) is 0 Å². The van der Waals surface area contributed by atoms with Gasteiger partial charge in [0.1, 0.15) is 19.3 Å². The molecular weight excluding hydrogens is 398 g/mol.